The van der Waals surface area contributed by atoms with Gasteiger partial charge < -0.3 is 10.6 Å². The van der Waals surface area contributed by atoms with E-state index >= 15 is 0 Å². The third kappa shape index (κ3) is 4.62. The summed E-state index contributed by atoms with van der Waals surface area (Å²) >= 11 is 7.04. The third-order valence-electron chi connectivity index (χ3n) is 3.73. The van der Waals surface area contributed by atoms with Crippen LogP contribution in [0.2, 0.25) is 0 Å². The Hall–Kier alpha value is -0.740. The minimum atomic E-state index is 0.495. The second kappa shape index (κ2) is 8.64. The topological polar surface area (TPSA) is 29.3 Å². The molecule has 0 aliphatic heterocycles. The third-order valence-corrected chi connectivity index (χ3v) is 4.71. The fraction of sp³-hybridized carbons (Fsp3) is 0.588. The molecule has 0 atom stereocenters. The Morgan fingerprint density at radius 1 is 1.29 bits per heavy atom. The van der Waals surface area contributed by atoms with Crippen molar-refractivity contribution in [1.82, 2.24) is 0 Å². The molecule has 0 aromatic heterocycles. The van der Waals surface area contributed by atoms with E-state index < -0.39 is 0 Å². The summed E-state index contributed by atoms with van der Waals surface area (Å²) in [5.74, 6) is 0.600. The summed E-state index contributed by atoms with van der Waals surface area (Å²) in [6, 6.07) is 6.90. The van der Waals surface area contributed by atoms with Crippen LogP contribution in [-0.2, 0) is 0 Å². The van der Waals surface area contributed by atoms with Crippen LogP contribution >= 0.6 is 24.0 Å². The van der Waals surface area contributed by atoms with E-state index in [0.717, 1.165) is 24.9 Å². The standard InChI is InChI=1S/C17H28N2S2/c1-6-13(7-2)19(11-12(3)4)14-9-8-10-15(21-5)16(14)17(18)20/h8-10,12-13H,6-7,11H2,1-5H3,(H2,18,20). The highest BCUT2D eigenvalue weighted by Crippen LogP contribution is 2.32. The first kappa shape index (κ1) is 18.3. The molecule has 0 aliphatic rings. The molecular weight excluding hydrogens is 296 g/mol. The Bertz CT molecular complexity index is 468. The van der Waals surface area contributed by atoms with E-state index in [9.17, 15) is 0 Å². The molecule has 0 aliphatic carbocycles. The van der Waals surface area contributed by atoms with Gasteiger partial charge in [0.1, 0.15) is 4.99 Å². The van der Waals surface area contributed by atoms with Crippen molar-refractivity contribution in [3.8, 4) is 0 Å². The molecule has 0 unspecified atom stereocenters. The molecular formula is C17H28N2S2. The maximum atomic E-state index is 6.03. The van der Waals surface area contributed by atoms with Crippen LogP contribution in [0.4, 0.5) is 5.69 Å². The molecule has 0 saturated carbocycles. The first-order chi connectivity index (χ1) is 9.96. The van der Waals surface area contributed by atoms with Crippen molar-refractivity contribution in [3.63, 3.8) is 0 Å². The lowest BCUT2D eigenvalue weighted by molar-refractivity contribution is 0.507. The van der Waals surface area contributed by atoms with Gasteiger partial charge in [-0.3, -0.25) is 0 Å². The minimum Gasteiger partial charge on any atom is -0.389 e. The van der Waals surface area contributed by atoms with Crippen molar-refractivity contribution in [2.75, 3.05) is 17.7 Å². The summed E-state index contributed by atoms with van der Waals surface area (Å²) < 4.78 is 0. The van der Waals surface area contributed by atoms with Crippen LogP contribution in [-0.4, -0.2) is 23.8 Å². The number of nitrogens with two attached hydrogens (primary N) is 1. The van der Waals surface area contributed by atoms with Gasteiger partial charge >= 0.3 is 0 Å². The summed E-state index contributed by atoms with van der Waals surface area (Å²) in [6.45, 7) is 10.0. The normalized spacial score (nSPS) is 11.2. The van der Waals surface area contributed by atoms with Gasteiger partial charge in [0.2, 0.25) is 0 Å². The van der Waals surface area contributed by atoms with E-state index in [1.807, 2.05) is 0 Å². The lowest BCUT2D eigenvalue weighted by Gasteiger charge is -2.36. The van der Waals surface area contributed by atoms with Gasteiger partial charge in [-0.2, -0.15) is 0 Å². The Morgan fingerprint density at radius 2 is 1.90 bits per heavy atom. The molecule has 1 aromatic carbocycles. The van der Waals surface area contributed by atoms with Crippen molar-refractivity contribution in [1.29, 1.82) is 0 Å². The van der Waals surface area contributed by atoms with Crippen molar-refractivity contribution in [2.24, 2.45) is 11.7 Å². The lowest BCUT2D eigenvalue weighted by atomic mass is 10.0. The Morgan fingerprint density at radius 3 is 2.33 bits per heavy atom. The van der Waals surface area contributed by atoms with Crippen LogP contribution in [0.3, 0.4) is 0 Å². The summed E-state index contributed by atoms with van der Waals surface area (Å²) in [4.78, 5) is 4.16. The van der Waals surface area contributed by atoms with E-state index in [1.54, 1.807) is 11.8 Å². The second-order valence-corrected chi connectivity index (χ2v) is 7.02. The zero-order valence-corrected chi connectivity index (χ0v) is 15.5. The largest absolute Gasteiger partial charge is 0.389 e. The van der Waals surface area contributed by atoms with Crippen LogP contribution in [0.15, 0.2) is 23.1 Å². The number of thiocarbonyl (C=S) groups is 1. The average Bonchev–Trinajstić information content (AvgIpc) is 2.46. The molecule has 0 spiro atoms. The number of nitrogens with zero attached hydrogens (tertiary/aromatic N) is 1. The lowest BCUT2D eigenvalue weighted by Crippen LogP contribution is -2.38. The van der Waals surface area contributed by atoms with Gasteiger partial charge in [0.05, 0.1) is 0 Å². The second-order valence-electron chi connectivity index (χ2n) is 5.74. The van der Waals surface area contributed by atoms with Gasteiger partial charge in [-0.15, -0.1) is 11.8 Å². The summed E-state index contributed by atoms with van der Waals surface area (Å²) in [5, 5.41) is 0. The van der Waals surface area contributed by atoms with Crippen LogP contribution in [0.1, 0.15) is 46.1 Å². The molecule has 2 N–H and O–H groups in total. The molecule has 1 rings (SSSR count). The maximum absolute atomic E-state index is 6.03. The number of benzene rings is 1. The number of thioether (sulfide) groups is 1. The maximum Gasteiger partial charge on any atom is 0.107 e. The van der Waals surface area contributed by atoms with Crippen molar-refractivity contribution >= 4 is 34.7 Å². The van der Waals surface area contributed by atoms with Gasteiger partial charge in [0, 0.05) is 28.7 Å². The minimum absolute atomic E-state index is 0.495. The number of hydrogen-bond acceptors (Lipinski definition) is 3. The zero-order valence-electron chi connectivity index (χ0n) is 13.8. The monoisotopic (exact) mass is 324 g/mol. The molecule has 118 valence electrons. The number of anilines is 1. The van der Waals surface area contributed by atoms with Crippen LogP contribution in [0.5, 0.6) is 0 Å². The van der Waals surface area contributed by atoms with Crippen molar-refractivity contribution in [2.45, 2.75) is 51.5 Å². The van der Waals surface area contributed by atoms with E-state index in [-0.39, 0.29) is 0 Å². The Labute approximate surface area is 139 Å². The smallest absolute Gasteiger partial charge is 0.107 e. The van der Waals surface area contributed by atoms with E-state index in [1.165, 1.54) is 10.6 Å². The van der Waals surface area contributed by atoms with Gasteiger partial charge in [-0.25, -0.2) is 0 Å². The molecule has 0 bridgehead atoms. The zero-order chi connectivity index (χ0) is 16.0. The van der Waals surface area contributed by atoms with E-state index in [2.05, 4.69) is 57.0 Å². The number of hydrogen-bond donors (Lipinski definition) is 1. The average molecular weight is 325 g/mol. The quantitative estimate of drug-likeness (QED) is 0.555. The van der Waals surface area contributed by atoms with Crippen LogP contribution in [0, 0.1) is 5.92 Å². The highest BCUT2D eigenvalue weighted by Gasteiger charge is 2.22. The SMILES string of the molecule is CCC(CC)N(CC(C)C)c1cccc(SC)c1C(N)=S. The van der Waals surface area contributed by atoms with Crippen LogP contribution < -0.4 is 10.6 Å². The molecule has 4 heteroatoms. The molecule has 0 saturated heterocycles. The molecule has 0 heterocycles. The predicted octanol–water partition coefficient (Wildman–Crippen LogP) is 4.69. The number of rotatable bonds is 8. The molecule has 0 amide bonds. The summed E-state index contributed by atoms with van der Waals surface area (Å²) in [6.07, 6.45) is 4.33. The molecule has 2 nitrogen and oxygen atoms in total. The van der Waals surface area contributed by atoms with E-state index in [4.69, 9.17) is 18.0 Å². The van der Waals surface area contributed by atoms with Crippen LogP contribution in [0.25, 0.3) is 0 Å². The molecule has 21 heavy (non-hydrogen) atoms. The molecule has 0 radical (unpaired) electrons. The summed E-state index contributed by atoms with van der Waals surface area (Å²) in [7, 11) is 0. The molecule has 1 aromatic rings. The summed E-state index contributed by atoms with van der Waals surface area (Å²) in [5.41, 5.74) is 8.26. The Kier molecular flexibility index (Phi) is 7.53. The predicted molar refractivity (Wildman–Crippen MR) is 101 cm³/mol. The Balaban J connectivity index is 3.38. The molecule has 0 fully saturated rings. The van der Waals surface area contributed by atoms with Gasteiger partial charge in [-0.05, 0) is 37.1 Å². The van der Waals surface area contributed by atoms with Gasteiger partial charge in [0.25, 0.3) is 0 Å². The van der Waals surface area contributed by atoms with Crippen molar-refractivity contribution < 1.29 is 0 Å². The van der Waals surface area contributed by atoms with Crippen molar-refractivity contribution in [3.05, 3.63) is 23.8 Å². The van der Waals surface area contributed by atoms with E-state index in [0.29, 0.717) is 16.9 Å². The first-order valence-corrected chi connectivity index (χ1v) is 9.32. The van der Waals surface area contributed by atoms with Gasteiger partial charge in [-0.1, -0.05) is 46.0 Å². The first-order valence-electron chi connectivity index (χ1n) is 7.69. The van der Waals surface area contributed by atoms with Gasteiger partial charge in [0.15, 0.2) is 0 Å². The fourth-order valence-corrected chi connectivity index (χ4v) is 3.66. The highest BCUT2D eigenvalue weighted by atomic mass is 32.2. The fourth-order valence-electron chi connectivity index (χ4n) is 2.74. The highest BCUT2D eigenvalue weighted by molar-refractivity contribution is 7.98.